The Labute approximate surface area is 92.6 Å². The van der Waals surface area contributed by atoms with E-state index in [0.29, 0.717) is 6.54 Å². The Morgan fingerprint density at radius 3 is 2.60 bits per heavy atom. The molecule has 0 bridgehead atoms. The van der Waals surface area contributed by atoms with Crippen LogP contribution in [0.2, 0.25) is 0 Å². The molecule has 6 heteroatoms. The summed E-state index contributed by atoms with van der Waals surface area (Å²) in [6.45, 7) is 7.14. The molecule has 0 unspecified atom stereocenters. The lowest BCUT2D eigenvalue weighted by molar-refractivity contribution is -0.0329. The van der Waals surface area contributed by atoms with Gasteiger partial charge in [0.25, 0.3) is 0 Å². The highest BCUT2D eigenvalue weighted by Gasteiger charge is 2.29. The summed E-state index contributed by atoms with van der Waals surface area (Å²) in [6, 6.07) is 0. The summed E-state index contributed by atoms with van der Waals surface area (Å²) in [4.78, 5) is 2.08. The zero-order valence-electron chi connectivity index (χ0n) is 9.02. The van der Waals surface area contributed by atoms with E-state index in [0.717, 1.165) is 19.6 Å². The molecule has 1 fully saturated rings. The molecule has 0 aliphatic carbocycles. The predicted octanol–water partition coefficient (Wildman–Crippen LogP) is 1.92. The molecule has 0 aromatic heterocycles. The van der Waals surface area contributed by atoms with Gasteiger partial charge in [-0.25, -0.2) is 0 Å². The summed E-state index contributed by atoms with van der Waals surface area (Å²) >= 11 is 0.0653. The number of hydrogen-bond acceptors (Lipinski definition) is 3. The topological polar surface area (TPSA) is 15.3 Å². The Hall–Kier alpha value is 0.0600. The fourth-order valence-electron chi connectivity index (χ4n) is 1.73. The van der Waals surface area contributed by atoms with Crippen molar-refractivity contribution in [2.45, 2.75) is 24.9 Å². The van der Waals surface area contributed by atoms with E-state index < -0.39 is 5.51 Å². The van der Waals surface area contributed by atoms with Gasteiger partial charge in [0.1, 0.15) is 0 Å². The summed E-state index contributed by atoms with van der Waals surface area (Å²) in [7, 11) is 0. The number of thioether (sulfide) groups is 1. The molecule has 1 saturated heterocycles. The third kappa shape index (κ3) is 5.63. The van der Waals surface area contributed by atoms with E-state index in [1.807, 2.05) is 0 Å². The minimum atomic E-state index is -4.09. The summed E-state index contributed by atoms with van der Waals surface area (Å²) in [5.41, 5.74) is -4.08. The highest BCUT2D eigenvalue weighted by Crippen LogP contribution is 2.29. The van der Waals surface area contributed by atoms with Crippen LogP contribution in [0, 0.1) is 0 Å². The summed E-state index contributed by atoms with van der Waals surface area (Å²) in [5, 5.41) is 3.32. The Morgan fingerprint density at radius 2 is 2.07 bits per heavy atom. The van der Waals surface area contributed by atoms with Crippen molar-refractivity contribution in [3.05, 3.63) is 0 Å². The average Bonchev–Trinajstić information content (AvgIpc) is 1.99. The van der Waals surface area contributed by atoms with Crippen molar-refractivity contribution < 1.29 is 13.2 Å². The van der Waals surface area contributed by atoms with Gasteiger partial charge in [-0.2, -0.15) is 13.2 Å². The molecule has 1 aliphatic rings. The third-order valence-corrected chi connectivity index (χ3v) is 3.04. The van der Waals surface area contributed by atoms with Gasteiger partial charge in [-0.15, -0.1) is 0 Å². The molecule has 0 spiro atoms. The van der Waals surface area contributed by atoms with Crippen LogP contribution in [0.25, 0.3) is 0 Å². The van der Waals surface area contributed by atoms with Crippen molar-refractivity contribution >= 4 is 11.8 Å². The zero-order valence-corrected chi connectivity index (χ0v) is 9.84. The molecule has 1 heterocycles. The largest absolute Gasteiger partial charge is 0.441 e. The van der Waals surface area contributed by atoms with Crippen LogP contribution in [0.4, 0.5) is 13.2 Å². The summed E-state index contributed by atoms with van der Waals surface area (Å²) < 4.78 is 35.7. The number of piperazine rings is 1. The summed E-state index contributed by atoms with van der Waals surface area (Å²) in [5.74, 6) is 0.125. The third-order valence-electron chi connectivity index (χ3n) is 2.32. The number of rotatable bonds is 3. The standard InChI is InChI=1S/C9H17F3N2S/c1-8(2)7-14(4-3-13-8)5-6-15-9(10,11)12/h13H,3-7H2,1-2H3. The number of hydrogen-bond donors (Lipinski definition) is 1. The van der Waals surface area contributed by atoms with E-state index in [1.54, 1.807) is 0 Å². The number of alkyl halides is 3. The lowest BCUT2D eigenvalue weighted by Crippen LogP contribution is -2.57. The van der Waals surface area contributed by atoms with E-state index in [4.69, 9.17) is 0 Å². The minimum Gasteiger partial charge on any atom is -0.309 e. The summed E-state index contributed by atoms with van der Waals surface area (Å²) in [6.07, 6.45) is 0. The molecule has 90 valence electrons. The highest BCUT2D eigenvalue weighted by molar-refractivity contribution is 8.00. The van der Waals surface area contributed by atoms with Crippen LogP contribution in [-0.4, -0.2) is 47.9 Å². The van der Waals surface area contributed by atoms with Crippen LogP contribution in [0.5, 0.6) is 0 Å². The van der Waals surface area contributed by atoms with Gasteiger partial charge in [0.2, 0.25) is 0 Å². The smallest absolute Gasteiger partial charge is 0.309 e. The van der Waals surface area contributed by atoms with Crippen LogP contribution < -0.4 is 5.32 Å². The van der Waals surface area contributed by atoms with Crippen molar-refractivity contribution in [2.24, 2.45) is 0 Å². The second kappa shape index (κ2) is 4.93. The van der Waals surface area contributed by atoms with Gasteiger partial charge in [0.05, 0.1) is 0 Å². The van der Waals surface area contributed by atoms with Crippen molar-refractivity contribution in [1.29, 1.82) is 0 Å². The quantitative estimate of drug-likeness (QED) is 0.814. The van der Waals surface area contributed by atoms with Crippen molar-refractivity contribution in [3.63, 3.8) is 0 Å². The van der Waals surface area contributed by atoms with E-state index in [-0.39, 0.29) is 23.1 Å². The minimum absolute atomic E-state index is 0.0150. The maximum absolute atomic E-state index is 11.9. The van der Waals surface area contributed by atoms with E-state index in [2.05, 4.69) is 24.1 Å². The molecule has 0 saturated carbocycles. The predicted molar refractivity (Wildman–Crippen MR) is 57.0 cm³/mol. The molecule has 15 heavy (non-hydrogen) atoms. The first-order chi connectivity index (χ1) is 6.79. The van der Waals surface area contributed by atoms with Crippen LogP contribution in [-0.2, 0) is 0 Å². The van der Waals surface area contributed by atoms with Crippen molar-refractivity contribution in [1.82, 2.24) is 10.2 Å². The maximum Gasteiger partial charge on any atom is 0.441 e. The van der Waals surface area contributed by atoms with Gasteiger partial charge in [-0.05, 0) is 25.6 Å². The second-order valence-corrected chi connectivity index (χ2v) is 5.54. The average molecular weight is 242 g/mol. The van der Waals surface area contributed by atoms with Crippen molar-refractivity contribution in [3.8, 4) is 0 Å². The molecular formula is C9H17F3N2S. The Bertz CT molecular complexity index is 206. The molecule has 2 nitrogen and oxygen atoms in total. The first-order valence-electron chi connectivity index (χ1n) is 4.97. The normalized spacial score (nSPS) is 23.0. The molecule has 1 rings (SSSR count). The van der Waals surface area contributed by atoms with E-state index in [1.165, 1.54) is 0 Å². The van der Waals surface area contributed by atoms with Crippen LogP contribution in [0.3, 0.4) is 0 Å². The Balaban J connectivity index is 2.22. The maximum atomic E-state index is 11.9. The molecule has 0 aromatic rings. The highest BCUT2D eigenvalue weighted by atomic mass is 32.2. The SMILES string of the molecule is CC1(C)CN(CCSC(F)(F)F)CCN1. The Morgan fingerprint density at radius 1 is 1.40 bits per heavy atom. The van der Waals surface area contributed by atoms with Crippen LogP contribution >= 0.6 is 11.8 Å². The fourth-order valence-corrected chi connectivity index (χ4v) is 2.31. The zero-order chi connectivity index (χ0) is 11.5. The van der Waals surface area contributed by atoms with Gasteiger partial charge in [-0.3, -0.25) is 4.90 Å². The molecule has 0 radical (unpaired) electrons. The van der Waals surface area contributed by atoms with E-state index in [9.17, 15) is 13.2 Å². The first-order valence-corrected chi connectivity index (χ1v) is 5.95. The van der Waals surface area contributed by atoms with Gasteiger partial charge in [-0.1, -0.05) is 0 Å². The molecule has 0 aromatic carbocycles. The van der Waals surface area contributed by atoms with Crippen LogP contribution in [0.1, 0.15) is 13.8 Å². The van der Waals surface area contributed by atoms with Gasteiger partial charge in [0.15, 0.2) is 0 Å². The van der Waals surface area contributed by atoms with Gasteiger partial charge >= 0.3 is 5.51 Å². The molecule has 1 aliphatic heterocycles. The van der Waals surface area contributed by atoms with Crippen LogP contribution in [0.15, 0.2) is 0 Å². The fraction of sp³-hybridized carbons (Fsp3) is 1.00. The molecular weight excluding hydrogens is 225 g/mol. The second-order valence-electron chi connectivity index (χ2n) is 4.38. The molecule has 0 atom stereocenters. The van der Waals surface area contributed by atoms with E-state index >= 15 is 0 Å². The van der Waals surface area contributed by atoms with Gasteiger partial charge < -0.3 is 5.32 Å². The molecule has 0 amide bonds. The molecule has 1 N–H and O–H groups in total. The number of nitrogens with one attached hydrogen (secondary N) is 1. The first kappa shape index (κ1) is 13.1. The van der Waals surface area contributed by atoms with Gasteiger partial charge in [0, 0.05) is 37.5 Å². The lowest BCUT2D eigenvalue weighted by Gasteiger charge is -2.39. The number of nitrogens with zero attached hydrogens (tertiary/aromatic N) is 1. The van der Waals surface area contributed by atoms with Crippen molar-refractivity contribution in [2.75, 3.05) is 31.9 Å². The monoisotopic (exact) mass is 242 g/mol. The number of halogens is 3. The Kier molecular flexibility index (Phi) is 4.31. The lowest BCUT2D eigenvalue weighted by atomic mass is 10.0.